The lowest BCUT2D eigenvalue weighted by molar-refractivity contribution is -0.174. The first-order chi connectivity index (χ1) is 9.93. The van der Waals surface area contributed by atoms with Gasteiger partial charge < -0.3 is 10.0 Å². The van der Waals surface area contributed by atoms with Crippen molar-refractivity contribution in [2.75, 3.05) is 20.7 Å². The molecule has 1 heterocycles. The van der Waals surface area contributed by atoms with Gasteiger partial charge in [0.25, 0.3) is 11.8 Å². The Hall–Kier alpha value is -2.34. The summed E-state index contributed by atoms with van der Waals surface area (Å²) in [5, 5.41) is 10.9. The van der Waals surface area contributed by atoms with E-state index in [-0.39, 0.29) is 18.7 Å². The smallest absolute Gasteiger partial charge is 0.289 e. The van der Waals surface area contributed by atoms with E-state index in [0.29, 0.717) is 0 Å². The Bertz CT molecular complexity index is 592. The van der Waals surface area contributed by atoms with Crippen LogP contribution in [0.25, 0.3) is 0 Å². The van der Waals surface area contributed by atoms with Crippen LogP contribution in [-0.4, -0.2) is 47.6 Å². The van der Waals surface area contributed by atoms with Gasteiger partial charge in [0.2, 0.25) is 0 Å². The summed E-state index contributed by atoms with van der Waals surface area (Å²) in [6.07, 6.45) is 0. The molecule has 0 atom stereocenters. The molecule has 0 saturated heterocycles. The Balaban J connectivity index is 2.16. The molecule has 112 valence electrons. The standard InChI is InChI=1S/C15H18N2O4/c1-10-4-6-11(7-5-10)8-17(21-3)14(19)12-9-16(2)15(20)13(12)18/h4-7,18H,8-9H2,1-3H3. The molecule has 1 N–H and O–H groups in total. The molecule has 6 heteroatoms. The van der Waals surface area contributed by atoms with Gasteiger partial charge in [-0.05, 0) is 12.5 Å². The van der Waals surface area contributed by atoms with E-state index in [1.54, 1.807) is 0 Å². The molecule has 0 unspecified atom stereocenters. The summed E-state index contributed by atoms with van der Waals surface area (Å²) in [7, 11) is 2.90. The molecule has 0 radical (unpaired) electrons. The molecule has 6 nitrogen and oxygen atoms in total. The van der Waals surface area contributed by atoms with Crippen LogP contribution in [0.3, 0.4) is 0 Å². The number of carbonyl (C=O) groups excluding carboxylic acids is 2. The zero-order valence-corrected chi connectivity index (χ0v) is 12.3. The average Bonchev–Trinajstić information content (AvgIpc) is 2.73. The maximum absolute atomic E-state index is 12.4. The van der Waals surface area contributed by atoms with Gasteiger partial charge in [-0.15, -0.1) is 0 Å². The minimum Gasteiger partial charge on any atom is -0.503 e. The lowest BCUT2D eigenvalue weighted by Gasteiger charge is -2.20. The molecule has 0 bridgehead atoms. The molecular weight excluding hydrogens is 272 g/mol. The molecule has 2 rings (SSSR count). The SMILES string of the molecule is CON(Cc1ccc(C)cc1)C(=O)C1=C(O)C(=O)N(C)C1. The second-order valence-electron chi connectivity index (χ2n) is 5.00. The average molecular weight is 290 g/mol. The highest BCUT2D eigenvalue weighted by Gasteiger charge is 2.34. The van der Waals surface area contributed by atoms with Crippen molar-refractivity contribution in [2.45, 2.75) is 13.5 Å². The van der Waals surface area contributed by atoms with Crippen molar-refractivity contribution < 1.29 is 19.5 Å². The molecule has 0 saturated carbocycles. The van der Waals surface area contributed by atoms with Crippen LogP contribution in [0.15, 0.2) is 35.6 Å². The van der Waals surface area contributed by atoms with Gasteiger partial charge in [-0.3, -0.25) is 14.4 Å². The van der Waals surface area contributed by atoms with Crippen molar-refractivity contribution in [3.63, 3.8) is 0 Å². The van der Waals surface area contributed by atoms with E-state index in [4.69, 9.17) is 4.84 Å². The number of hydrogen-bond donors (Lipinski definition) is 1. The number of carbonyl (C=O) groups is 2. The fraction of sp³-hybridized carbons (Fsp3) is 0.333. The lowest BCUT2D eigenvalue weighted by Crippen LogP contribution is -2.32. The Morgan fingerprint density at radius 1 is 1.38 bits per heavy atom. The molecule has 0 fully saturated rings. The van der Waals surface area contributed by atoms with E-state index in [2.05, 4.69) is 0 Å². The van der Waals surface area contributed by atoms with Crippen molar-refractivity contribution in [3.8, 4) is 0 Å². The number of likely N-dealkylation sites (N-methyl/N-ethyl adjacent to an activating group) is 1. The number of nitrogens with zero attached hydrogens (tertiary/aromatic N) is 2. The molecule has 0 spiro atoms. The van der Waals surface area contributed by atoms with Crippen molar-refractivity contribution in [1.29, 1.82) is 0 Å². The number of amides is 2. The molecule has 0 aromatic heterocycles. The van der Waals surface area contributed by atoms with Gasteiger partial charge in [0.05, 0.1) is 25.8 Å². The number of benzene rings is 1. The fourth-order valence-electron chi connectivity index (χ4n) is 2.09. The highest BCUT2D eigenvalue weighted by molar-refractivity contribution is 6.06. The first-order valence-corrected chi connectivity index (χ1v) is 6.53. The first-order valence-electron chi connectivity index (χ1n) is 6.53. The Labute approximate surface area is 123 Å². The number of aliphatic hydroxyl groups is 1. The fourth-order valence-corrected chi connectivity index (χ4v) is 2.09. The van der Waals surface area contributed by atoms with Crippen molar-refractivity contribution in [2.24, 2.45) is 0 Å². The highest BCUT2D eigenvalue weighted by Crippen LogP contribution is 2.19. The normalized spacial score (nSPS) is 14.8. The summed E-state index contributed by atoms with van der Waals surface area (Å²) >= 11 is 0. The van der Waals surface area contributed by atoms with Crippen LogP contribution < -0.4 is 0 Å². The molecule has 0 aliphatic carbocycles. The summed E-state index contributed by atoms with van der Waals surface area (Å²) < 4.78 is 0. The topological polar surface area (TPSA) is 70.1 Å². The van der Waals surface area contributed by atoms with Gasteiger partial charge in [-0.1, -0.05) is 29.8 Å². The van der Waals surface area contributed by atoms with E-state index in [0.717, 1.165) is 16.2 Å². The Morgan fingerprint density at radius 2 is 2.00 bits per heavy atom. The third-order valence-electron chi connectivity index (χ3n) is 3.38. The molecule has 1 aromatic carbocycles. The van der Waals surface area contributed by atoms with E-state index in [1.807, 2.05) is 31.2 Å². The van der Waals surface area contributed by atoms with E-state index < -0.39 is 17.6 Å². The summed E-state index contributed by atoms with van der Waals surface area (Å²) in [5.74, 6) is -1.56. The third kappa shape index (κ3) is 3.05. The van der Waals surface area contributed by atoms with Gasteiger partial charge in [-0.2, -0.15) is 0 Å². The zero-order valence-electron chi connectivity index (χ0n) is 12.3. The van der Waals surface area contributed by atoms with Gasteiger partial charge >= 0.3 is 0 Å². The maximum Gasteiger partial charge on any atom is 0.289 e. The van der Waals surface area contributed by atoms with Gasteiger partial charge in [0, 0.05) is 7.05 Å². The maximum atomic E-state index is 12.4. The van der Waals surface area contributed by atoms with Crippen LogP contribution in [0.1, 0.15) is 11.1 Å². The quantitative estimate of drug-likeness (QED) is 0.845. The summed E-state index contributed by atoms with van der Waals surface area (Å²) in [6.45, 7) is 2.30. The minimum absolute atomic E-state index is 0.0523. The number of rotatable bonds is 4. The second-order valence-corrected chi connectivity index (χ2v) is 5.00. The minimum atomic E-state index is -0.551. The highest BCUT2D eigenvalue weighted by atomic mass is 16.7. The second kappa shape index (κ2) is 5.97. The molecule has 1 aliphatic rings. The van der Waals surface area contributed by atoms with Crippen molar-refractivity contribution in [1.82, 2.24) is 9.96 Å². The van der Waals surface area contributed by atoms with Gasteiger partial charge in [0.1, 0.15) is 0 Å². The molecule has 1 aromatic rings. The molecule has 2 amide bonds. The number of hydroxylamine groups is 2. The van der Waals surface area contributed by atoms with Crippen LogP contribution in [-0.2, 0) is 21.0 Å². The number of aliphatic hydroxyl groups excluding tert-OH is 1. The number of aryl methyl sites for hydroxylation is 1. The lowest BCUT2D eigenvalue weighted by atomic mass is 10.1. The largest absolute Gasteiger partial charge is 0.503 e. The third-order valence-corrected chi connectivity index (χ3v) is 3.38. The van der Waals surface area contributed by atoms with Crippen molar-refractivity contribution in [3.05, 3.63) is 46.7 Å². The van der Waals surface area contributed by atoms with E-state index >= 15 is 0 Å². The summed E-state index contributed by atoms with van der Waals surface area (Å²) in [6, 6.07) is 7.68. The van der Waals surface area contributed by atoms with Crippen LogP contribution in [0, 0.1) is 6.92 Å². The van der Waals surface area contributed by atoms with Crippen molar-refractivity contribution >= 4 is 11.8 Å². The summed E-state index contributed by atoms with van der Waals surface area (Å²) in [4.78, 5) is 30.3. The van der Waals surface area contributed by atoms with Crippen LogP contribution >= 0.6 is 0 Å². The van der Waals surface area contributed by atoms with Crippen LogP contribution in [0.4, 0.5) is 0 Å². The zero-order chi connectivity index (χ0) is 15.6. The van der Waals surface area contributed by atoms with Crippen LogP contribution in [0.5, 0.6) is 0 Å². The summed E-state index contributed by atoms with van der Waals surface area (Å²) in [5.41, 5.74) is 2.07. The predicted molar refractivity (Wildman–Crippen MR) is 76.0 cm³/mol. The van der Waals surface area contributed by atoms with E-state index in [1.165, 1.54) is 19.1 Å². The molecular formula is C15H18N2O4. The van der Waals surface area contributed by atoms with Gasteiger partial charge in [0.15, 0.2) is 5.76 Å². The van der Waals surface area contributed by atoms with Crippen LogP contribution in [0.2, 0.25) is 0 Å². The van der Waals surface area contributed by atoms with Gasteiger partial charge in [-0.25, -0.2) is 5.06 Å². The van der Waals surface area contributed by atoms with E-state index in [9.17, 15) is 14.7 Å². The number of hydrogen-bond acceptors (Lipinski definition) is 4. The Kier molecular flexibility index (Phi) is 4.28. The first kappa shape index (κ1) is 15.1. The predicted octanol–water partition coefficient (Wildman–Crippen LogP) is 1.17. The Morgan fingerprint density at radius 3 is 2.48 bits per heavy atom. The molecule has 1 aliphatic heterocycles. The monoisotopic (exact) mass is 290 g/mol. The molecule has 21 heavy (non-hydrogen) atoms.